The third-order valence-electron chi connectivity index (χ3n) is 4.54. The molecular formula is C17H24N2S. The minimum absolute atomic E-state index is 0.240. The van der Waals surface area contributed by atoms with Gasteiger partial charge in [-0.1, -0.05) is 60.9 Å². The molecule has 1 spiro atoms. The molecule has 0 amide bonds. The summed E-state index contributed by atoms with van der Waals surface area (Å²) in [7, 11) is 0. The number of nitrogens with one attached hydrogen (secondary N) is 1. The summed E-state index contributed by atoms with van der Waals surface area (Å²) >= 11 is 1.91. The highest BCUT2D eigenvalue weighted by Gasteiger charge is 2.38. The molecule has 1 saturated carbocycles. The Bertz CT molecular complexity index is 486. The monoisotopic (exact) mass is 288 g/mol. The maximum Gasteiger partial charge on any atom is 0.157 e. The van der Waals surface area contributed by atoms with Gasteiger partial charge in [0.2, 0.25) is 0 Å². The van der Waals surface area contributed by atoms with E-state index in [1.54, 1.807) is 0 Å². The minimum Gasteiger partial charge on any atom is -0.359 e. The fourth-order valence-corrected chi connectivity index (χ4v) is 4.46. The molecule has 2 nitrogen and oxygen atoms in total. The normalized spacial score (nSPS) is 24.8. The van der Waals surface area contributed by atoms with Gasteiger partial charge >= 0.3 is 0 Å². The largest absolute Gasteiger partial charge is 0.359 e. The van der Waals surface area contributed by atoms with E-state index in [1.807, 2.05) is 11.8 Å². The zero-order valence-corrected chi connectivity index (χ0v) is 13.3. The highest BCUT2D eigenvalue weighted by Crippen LogP contribution is 2.36. The van der Waals surface area contributed by atoms with Crippen molar-refractivity contribution in [2.75, 3.05) is 5.75 Å². The maximum absolute atomic E-state index is 4.89. The third kappa shape index (κ3) is 3.03. The first kappa shape index (κ1) is 14.0. The van der Waals surface area contributed by atoms with Gasteiger partial charge in [0.25, 0.3) is 0 Å². The number of thioether (sulfide) groups is 1. The average Bonchev–Trinajstić information content (AvgIpc) is 2.83. The van der Waals surface area contributed by atoms with Crippen molar-refractivity contribution in [3.05, 3.63) is 35.4 Å². The molecule has 2 fully saturated rings. The van der Waals surface area contributed by atoms with Gasteiger partial charge in [0, 0.05) is 11.3 Å². The molecule has 1 heterocycles. The highest BCUT2D eigenvalue weighted by atomic mass is 32.2. The molecule has 108 valence electrons. The molecule has 1 aliphatic heterocycles. The average molecular weight is 288 g/mol. The molecular weight excluding hydrogens is 264 g/mol. The molecule has 0 radical (unpaired) electrons. The van der Waals surface area contributed by atoms with Crippen molar-refractivity contribution >= 4 is 16.9 Å². The van der Waals surface area contributed by atoms with Crippen LogP contribution in [0.25, 0.3) is 0 Å². The van der Waals surface area contributed by atoms with Gasteiger partial charge in [0.1, 0.15) is 0 Å². The van der Waals surface area contributed by atoms with Gasteiger partial charge in [-0.25, -0.2) is 0 Å². The summed E-state index contributed by atoms with van der Waals surface area (Å²) in [5.74, 6) is 1.20. The molecule has 3 heteroatoms. The number of aryl methyl sites for hydroxylation is 1. The Hall–Kier alpha value is -0.960. The van der Waals surface area contributed by atoms with E-state index in [0.29, 0.717) is 5.54 Å². The van der Waals surface area contributed by atoms with Crippen LogP contribution in [0.1, 0.15) is 56.2 Å². The molecule has 1 atom stereocenters. The maximum atomic E-state index is 4.89. The standard InChI is InChI=1S/C17H24N2S/c1-13-6-8-15(9-7-13)14(2)18-16-19-17(12-20-16)10-4-3-5-11-17/h6-9,14H,3-5,10-12H2,1-2H3,(H,18,19). The lowest BCUT2D eigenvalue weighted by Crippen LogP contribution is -2.45. The Labute approximate surface area is 126 Å². The van der Waals surface area contributed by atoms with Gasteiger partial charge in [-0.2, -0.15) is 0 Å². The summed E-state index contributed by atoms with van der Waals surface area (Å²) in [5.41, 5.74) is 2.97. The molecule has 1 aromatic carbocycles. The number of rotatable bonds is 2. The van der Waals surface area contributed by atoms with Crippen LogP contribution in [0.15, 0.2) is 29.3 Å². The summed E-state index contributed by atoms with van der Waals surface area (Å²) in [6.45, 7) is 4.31. The van der Waals surface area contributed by atoms with E-state index >= 15 is 0 Å². The van der Waals surface area contributed by atoms with Gasteiger partial charge in [0.15, 0.2) is 5.17 Å². The zero-order valence-electron chi connectivity index (χ0n) is 12.5. The zero-order chi connectivity index (χ0) is 14.0. The Morgan fingerprint density at radius 2 is 1.85 bits per heavy atom. The smallest absolute Gasteiger partial charge is 0.157 e. The van der Waals surface area contributed by atoms with E-state index in [4.69, 9.17) is 4.99 Å². The van der Waals surface area contributed by atoms with E-state index < -0.39 is 0 Å². The number of benzene rings is 1. The SMILES string of the molecule is Cc1ccc(C(C)N=C2NC3(CCCCC3)CS2)cc1. The Morgan fingerprint density at radius 3 is 2.55 bits per heavy atom. The molecule has 0 bridgehead atoms. The quantitative estimate of drug-likeness (QED) is 0.869. The number of hydrogen-bond acceptors (Lipinski definition) is 2. The Kier molecular flexibility index (Phi) is 4.06. The van der Waals surface area contributed by atoms with Crippen molar-refractivity contribution in [1.29, 1.82) is 0 Å². The molecule has 1 aliphatic carbocycles. The molecule has 1 unspecified atom stereocenters. The van der Waals surface area contributed by atoms with Crippen molar-refractivity contribution in [3.8, 4) is 0 Å². The topological polar surface area (TPSA) is 24.4 Å². The van der Waals surface area contributed by atoms with E-state index in [1.165, 1.54) is 49.0 Å². The van der Waals surface area contributed by atoms with Crippen LogP contribution in [0.4, 0.5) is 0 Å². The van der Waals surface area contributed by atoms with E-state index in [9.17, 15) is 0 Å². The second kappa shape index (κ2) is 5.80. The van der Waals surface area contributed by atoms with Gasteiger partial charge in [0.05, 0.1) is 6.04 Å². The van der Waals surface area contributed by atoms with Crippen LogP contribution in [0.2, 0.25) is 0 Å². The first-order chi connectivity index (χ1) is 9.67. The lowest BCUT2D eigenvalue weighted by molar-refractivity contribution is 0.303. The highest BCUT2D eigenvalue weighted by molar-refractivity contribution is 8.14. The van der Waals surface area contributed by atoms with Crippen LogP contribution in [-0.4, -0.2) is 16.5 Å². The van der Waals surface area contributed by atoms with Crippen LogP contribution >= 0.6 is 11.8 Å². The molecule has 3 rings (SSSR count). The van der Waals surface area contributed by atoms with Crippen molar-refractivity contribution in [2.45, 2.75) is 57.5 Å². The van der Waals surface area contributed by atoms with Gasteiger partial charge in [-0.15, -0.1) is 0 Å². The number of nitrogens with zero attached hydrogens (tertiary/aromatic N) is 1. The van der Waals surface area contributed by atoms with Gasteiger partial charge < -0.3 is 5.32 Å². The number of amidine groups is 1. The van der Waals surface area contributed by atoms with Crippen LogP contribution in [0.3, 0.4) is 0 Å². The van der Waals surface area contributed by atoms with Crippen molar-refractivity contribution in [2.24, 2.45) is 4.99 Å². The fraction of sp³-hybridized carbons (Fsp3) is 0.588. The van der Waals surface area contributed by atoms with Crippen LogP contribution in [0, 0.1) is 6.92 Å². The van der Waals surface area contributed by atoms with Crippen LogP contribution < -0.4 is 5.32 Å². The van der Waals surface area contributed by atoms with Gasteiger partial charge in [-0.3, -0.25) is 4.99 Å². The summed E-state index contributed by atoms with van der Waals surface area (Å²) in [5, 5.41) is 4.88. The van der Waals surface area contributed by atoms with E-state index in [2.05, 4.69) is 43.4 Å². The molecule has 1 aromatic rings. The Morgan fingerprint density at radius 1 is 1.15 bits per heavy atom. The molecule has 1 N–H and O–H groups in total. The number of hydrogen-bond donors (Lipinski definition) is 1. The van der Waals surface area contributed by atoms with Gasteiger partial charge in [-0.05, 0) is 32.3 Å². The summed E-state index contributed by atoms with van der Waals surface area (Å²) < 4.78 is 0. The van der Waals surface area contributed by atoms with Crippen molar-refractivity contribution < 1.29 is 0 Å². The molecule has 2 aliphatic rings. The first-order valence-corrected chi connectivity index (χ1v) is 8.71. The molecule has 20 heavy (non-hydrogen) atoms. The van der Waals surface area contributed by atoms with Crippen molar-refractivity contribution in [1.82, 2.24) is 5.32 Å². The lowest BCUT2D eigenvalue weighted by Gasteiger charge is -2.32. The van der Waals surface area contributed by atoms with E-state index in [-0.39, 0.29) is 6.04 Å². The summed E-state index contributed by atoms with van der Waals surface area (Å²) in [4.78, 5) is 4.89. The van der Waals surface area contributed by atoms with Crippen LogP contribution in [0.5, 0.6) is 0 Å². The Balaban J connectivity index is 1.68. The predicted octanol–water partition coefficient (Wildman–Crippen LogP) is 4.45. The second-order valence-electron chi connectivity index (χ2n) is 6.28. The predicted molar refractivity (Wildman–Crippen MR) is 88.4 cm³/mol. The first-order valence-electron chi connectivity index (χ1n) is 7.72. The lowest BCUT2D eigenvalue weighted by atomic mass is 9.83. The molecule has 0 aromatic heterocycles. The summed E-state index contributed by atoms with van der Waals surface area (Å²) in [6.07, 6.45) is 6.78. The van der Waals surface area contributed by atoms with E-state index in [0.717, 1.165) is 5.17 Å². The summed E-state index contributed by atoms with van der Waals surface area (Å²) in [6, 6.07) is 8.97. The minimum atomic E-state index is 0.240. The molecule has 1 saturated heterocycles. The second-order valence-corrected chi connectivity index (χ2v) is 7.24. The number of aliphatic imine (C=N–C) groups is 1. The third-order valence-corrected chi connectivity index (χ3v) is 5.72. The van der Waals surface area contributed by atoms with Crippen LogP contribution in [-0.2, 0) is 0 Å². The fourth-order valence-electron chi connectivity index (χ4n) is 3.17. The van der Waals surface area contributed by atoms with Crippen molar-refractivity contribution in [3.63, 3.8) is 0 Å².